The lowest BCUT2D eigenvalue weighted by Crippen LogP contribution is -2.39. The van der Waals surface area contributed by atoms with Crippen LogP contribution < -0.4 is 10.6 Å². The Morgan fingerprint density at radius 1 is 1.31 bits per heavy atom. The van der Waals surface area contributed by atoms with Crippen molar-refractivity contribution in [1.29, 1.82) is 0 Å². The van der Waals surface area contributed by atoms with Gasteiger partial charge in [-0.05, 0) is 36.8 Å². The minimum atomic E-state index is 0.728. The smallest absolute Gasteiger partial charge is 0.151 e. The molecule has 1 aromatic rings. The molecule has 1 aliphatic heterocycles. The fourth-order valence-electron chi connectivity index (χ4n) is 2.68. The standard InChI is InChI=1S/C13H21N3/c1-9-5-12(14)13(15-6-9)16-7-10(2)4-11(3)8-16/h5-6,10-11H,4,7-8,14H2,1-3H3/t10-,11+. The number of nitrogens with two attached hydrogens (primary N) is 1. The van der Waals surface area contributed by atoms with Crippen LogP contribution in [-0.4, -0.2) is 18.1 Å². The summed E-state index contributed by atoms with van der Waals surface area (Å²) in [5.41, 5.74) is 7.97. The van der Waals surface area contributed by atoms with Crippen LogP contribution in [0.2, 0.25) is 0 Å². The maximum atomic E-state index is 6.04. The molecule has 0 saturated carbocycles. The second kappa shape index (κ2) is 4.32. The van der Waals surface area contributed by atoms with Crippen LogP contribution in [0.5, 0.6) is 0 Å². The van der Waals surface area contributed by atoms with E-state index in [-0.39, 0.29) is 0 Å². The van der Waals surface area contributed by atoms with Gasteiger partial charge in [-0.1, -0.05) is 13.8 Å². The molecule has 0 aliphatic carbocycles. The van der Waals surface area contributed by atoms with Gasteiger partial charge in [0.1, 0.15) is 0 Å². The molecule has 1 fully saturated rings. The Labute approximate surface area is 97.7 Å². The van der Waals surface area contributed by atoms with E-state index in [9.17, 15) is 0 Å². The highest BCUT2D eigenvalue weighted by atomic mass is 15.2. The molecule has 2 heterocycles. The fourth-order valence-corrected chi connectivity index (χ4v) is 2.68. The van der Waals surface area contributed by atoms with Gasteiger partial charge in [-0.15, -0.1) is 0 Å². The molecular formula is C13H21N3. The van der Waals surface area contributed by atoms with Crippen LogP contribution in [0.25, 0.3) is 0 Å². The topological polar surface area (TPSA) is 42.2 Å². The number of piperidine rings is 1. The van der Waals surface area contributed by atoms with Crippen molar-refractivity contribution in [3.63, 3.8) is 0 Å². The van der Waals surface area contributed by atoms with Crippen LogP contribution in [0, 0.1) is 18.8 Å². The quantitative estimate of drug-likeness (QED) is 0.789. The van der Waals surface area contributed by atoms with Crippen molar-refractivity contribution in [2.24, 2.45) is 11.8 Å². The first kappa shape index (κ1) is 11.2. The van der Waals surface area contributed by atoms with E-state index in [1.165, 1.54) is 6.42 Å². The van der Waals surface area contributed by atoms with Crippen LogP contribution in [-0.2, 0) is 0 Å². The molecule has 0 aromatic carbocycles. The Morgan fingerprint density at radius 2 is 1.94 bits per heavy atom. The van der Waals surface area contributed by atoms with Crippen molar-refractivity contribution in [1.82, 2.24) is 4.98 Å². The third kappa shape index (κ3) is 2.29. The Kier molecular flexibility index (Phi) is 3.03. The van der Waals surface area contributed by atoms with Gasteiger partial charge in [-0.2, -0.15) is 0 Å². The molecule has 2 atom stereocenters. The molecule has 2 N–H and O–H groups in total. The van der Waals surface area contributed by atoms with Crippen molar-refractivity contribution in [2.45, 2.75) is 27.2 Å². The number of hydrogen-bond donors (Lipinski definition) is 1. The number of pyridine rings is 1. The number of hydrogen-bond acceptors (Lipinski definition) is 3. The normalized spacial score (nSPS) is 25.8. The minimum Gasteiger partial charge on any atom is -0.396 e. The Morgan fingerprint density at radius 3 is 2.50 bits per heavy atom. The van der Waals surface area contributed by atoms with Gasteiger partial charge in [0.15, 0.2) is 5.82 Å². The Bertz CT molecular complexity index is 365. The van der Waals surface area contributed by atoms with Crippen molar-refractivity contribution in [3.8, 4) is 0 Å². The van der Waals surface area contributed by atoms with E-state index in [1.54, 1.807) is 0 Å². The molecule has 0 amide bonds. The van der Waals surface area contributed by atoms with Gasteiger partial charge in [0.2, 0.25) is 0 Å². The number of nitrogen functional groups attached to an aromatic ring is 1. The van der Waals surface area contributed by atoms with Crippen molar-refractivity contribution in [3.05, 3.63) is 17.8 Å². The van der Waals surface area contributed by atoms with E-state index in [1.807, 2.05) is 19.2 Å². The number of nitrogens with zero attached hydrogens (tertiary/aromatic N) is 2. The van der Waals surface area contributed by atoms with E-state index >= 15 is 0 Å². The number of rotatable bonds is 1. The summed E-state index contributed by atoms with van der Waals surface area (Å²) < 4.78 is 0. The molecule has 0 radical (unpaired) electrons. The molecule has 1 aliphatic rings. The van der Waals surface area contributed by atoms with Crippen molar-refractivity contribution >= 4 is 11.5 Å². The van der Waals surface area contributed by atoms with Gasteiger partial charge in [-0.3, -0.25) is 0 Å². The Balaban J connectivity index is 2.23. The molecule has 3 nitrogen and oxygen atoms in total. The van der Waals surface area contributed by atoms with Gasteiger partial charge in [0.25, 0.3) is 0 Å². The predicted octanol–water partition coefficient (Wildman–Crippen LogP) is 2.45. The molecule has 16 heavy (non-hydrogen) atoms. The van der Waals surface area contributed by atoms with Crippen LogP contribution in [0.4, 0.5) is 11.5 Å². The molecule has 88 valence electrons. The summed E-state index contributed by atoms with van der Waals surface area (Å²) >= 11 is 0. The molecule has 0 bridgehead atoms. The third-order valence-electron chi connectivity index (χ3n) is 3.20. The van der Waals surface area contributed by atoms with E-state index in [0.717, 1.165) is 42.0 Å². The zero-order valence-electron chi connectivity index (χ0n) is 10.4. The highest BCUT2D eigenvalue weighted by molar-refractivity contribution is 5.63. The number of anilines is 2. The third-order valence-corrected chi connectivity index (χ3v) is 3.20. The monoisotopic (exact) mass is 219 g/mol. The van der Waals surface area contributed by atoms with Crippen molar-refractivity contribution in [2.75, 3.05) is 23.7 Å². The molecule has 3 heteroatoms. The lowest BCUT2D eigenvalue weighted by molar-refractivity contribution is 0.355. The van der Waals surface area contributed by atoms with Gasteiger partial charge < -0.3 is 10.6 Å². The van der Waals surface area contributed by atoms with Crippen LogP contribution in [0.1, 0.15) is 25.8 Å². The molecule has 0 spiro atoms. The van der Waals surface area contributed by atoms with E-state index in [4.69, 9.17) is 5.73 Å². The summed E-state index contributed by atoms with van der Waals surface area (Å²) in [6.45, 7) is 8.77. The lowest BCUT2D eigenvalue weighted by atomic mass is 9.92. The zero-order valence-corrected chi connectivity index (χ0v) is 10.4. The van der Waals surface area contributed by atoms with Gasteiger partial charge in [0.05, 0.1) is 5.69 Å². The van der Waals surface area contributed by atoms with Gasteiger partial charge >= 0.3 is 0 Å². The fraction of sp³-hybridized carbons (Fsp3) is 0.615. The van der Waals surface area contributed by atoms with Crippen LogP contribution in [0.3, 0.4) is 0 Å². The van der Waals surface area contributed by atoms with Gasteiger partial charge in [0, 0.05) is 19.3 Å². The first-order valence-corrected chi connectivity index (χ1v) is 6.03. The summed E-state index contributed by atoms with van der Waals surface area (Å²) in [5.74, 6) is 2.42. The summed E-state index contributed by atoms with van der Waals surface area (Å²) in [5, 5.41) is 0. The van der Waals surface area contributed by atoms with Gasteiger partial charge in [-0.25, -0.2) is 4.98 Å². The number of aryl methyl sites for hydroxylation is 1. The molecule has 2 rings (SSSR count). The van der Waals surface area contributed by atoms with E-state index in [0.29, 0.717) is 0 Å². The largest absolute Gasteiger partial charge is 0.396 e. The molecule has 1 saturated heterocycles. The SMILES string of the molecule is Cc1cnc(N2C[C@H](C)C[C@H](C)C2)c(N)c1. The number of aromatic nitrogens is 1. The summed E-state index contributed by atoms with van der Waals surface area (Å²) in [6.07, 6.45) is 3.21. The molecule has 1 aromatic heterocycles. The lowest BCUT2D eigenvalue weighted by Gasteiger charge is -2.36. The summed E-state index contributed by atoms with van der Waals surface area (Å²) in [7, 11) is 0. The highest BCUT2D eigenvalue weighted by Gasteiger charge is 2.23. The zero-order chi connectivity index (χ0) is 11.7. The second-order valence-electron chi connectivity index (χ2n) is 5.28. The van der Waals surface area contributed by atoms with Crippen LogP contribution in [0.15, 0.2) is 12.3 Å². The molecular weight excluding hydrogens is 198 g/mol. The molecule has 0 unspecified atom stereocenters. The maximum Gasteiger partial charge on any atom is 0.151 e. The second-order valence-corrected chi connectivity index (χ2v) is 5.28. The summed E-state index contributed by atoms with van der Waals surface area (Å²) in [6, 6.07) is 2.01. The average Bonchev–Trinajstić information content (AvgIpc) is 2.15. The maximum absolute atomic E-state index is 6.04. The first-order valence-electron chi connectivity index (χ1n) is 6.03. The van der Waals surface area contributed by atoms with E-state index in [2.05, 4.69) is 23.7 Å². The average molecular weight is 219 g/mol. The van der Waals surface area contributed by atoms with E-state index < -0.39 is 0 Å². The Hall–Kier alpha value is -1.25. The van der Waals surface area contributed by atoms with Crippen molar-refractivity contribution < 1.29 is 0 Å². The van der Waals surface area contributed by atoms with Crippen LogP contribution >= 0.6 is 0 Å². The minimum absolute atomic E-state index is 0.728. The predicted molar refractivity (Wildman–Crippen MR) is 68.5 cm³/mol. The first-order chi connectivity index (χ1) is 7.56. The highest BCUT2D eigenvalue weighted by Crippen LogP contribution is 2.28. The summed E-state index contributed by atoms with van der Waals surface area (Å²) in [4.78, 5) is 6.80.